The van der Waals surface area contributed by atoms with E-state index in [1.54, 1.807) is 6.07 Å². The zero-order valence-electron chi connectivity index (χ0n) is 20.8. The maximum Gasteiger partial charge on any atom is 0.273 e. The van der Waals surface area contributed by atoms with Gasteiger partial charge >= 0.3 is 0 Å². The lowest BCUT2D eigenvalue weighted by Gasteiger charge is -2.34. The van der Waals surface area contributed by atoms with Gasteiger partial charge in [0.1, 0.15) is 10.9 Å². The summed E-state index contributed by atoms with van der Waals surface area (Å²) in [5, 5.41) is 3.01. The number of benzene rings is 2. The number of rotatable bonds is 6. The van der Waals surface area contributed by atoms with Crippen molar-refractivity contribution in [3.05, 3.63) is 75.3 Å². The van der Waals surface area contributed by atoms with Gasteiger partial charge in [-0.3, -0.25) is 19.3 Å². The number of nitrogens with two attached hydrogens (primary N) is 2. The molecule has 0 aliphatic heterocycles. The molecule has 0 bridgehead atoms. The molecule has 3 aromatic rings. The van der Waals surface area contributed by atoms with Crippen molar-refractivity contribution in [1.29, 1.82) is 0 Å². The Morgan fingerprint density at radius 2 is 1.66 bits per heavy atom. The Bertz CT molecular complexity index is 1280. The second-order valence-electron chi connectivity index (χ2n) is 9.58. The fourth-order valence-corrected chi connectivity index (χ4v) is 4.45. The van der Waals surface area contributed by atoms with Gasteiger partial charge in [0.05, 0.1) is 5.69 Å². The summed E-state index contributed by atoms with van der Waals surface area (Å²) in [6.07, 6.45) is 0. The summed E-state index contributed by atoms with van der Waals surface area (Å²) in [6, 6.07) is 12.0. The minimum atomic E-state index is -1.01. The molecule has 3 rings (SSSR count). The van der Waals surface area contributed by atoms with E-state index in [0.717, 1.165) is 28.2 Å². The monoisotopic (exact) mass is 493 g/mol. The van der Waals surface area contributed by atoms with E-state index in [0.29, 0.717) is 11.3 Å². The number of carbonyl (C=O) groups is 3. The van der Waals surface area contributed by atoms with Gasteiger partial charge in [0.25, 0.3) is 11.8 Å². The third kappa shape index (κ3) is 5.51. The second-order valence-corrected chi connectivity index (χ2v) is 10.4. The Morgan fingerprint density at radius 1 is 1.03 bits per heavy atom. The van der Waals surface area contributed by atoms with E-state index < -0.39 is 23.4 Å². The number of nitrogens with zero attached hydrogens (tertiary/aromatic N) is 2. The molecule has 2 aromatic carbocycles. The molecule has 0 radical (unpaired) electrons. The summed E-state index contributed by atoms with van der Waals surface area (Å²) in [5.74, 6) is -1.72. The Kier molecular flexibility index (Phi) is 7.30. The predicted molar refractivity (Wildman–Crippen MR) is 140 cm³/mol. The van der Waals surface area contributed by atoms with Gasteiger partial charge < -0.3 is 16.8 Å². The Morgan fingerprint density at radius 3 is 2.20 bits per heavy atom. The zero-order valence-corrected chi connectivity index (χ0v) is 21.6. The second kappa shape index (κ2) is 9.87. The first-order chi connectivity index (χ1) is 16.3. The van der Waals surface area contributed by atoms with Gasteiger partial charge in [-0.05, 0) is 75.8 Å². The summed E-state index contributed by atoms with van der Waals surface area (Å²) < 4.78 is 3.99. The standard InChI is InChI=1S/C26H31N5O3S/c1-14-10-12-17(13-11-14)21(24(33)29-26(4,5)6)31(18-9-7-8-15(2)16(18)3)25(34)22-19(27)20(23(28)32)30-35-22/h7-13,21H,27H2,1-6H3,(H2,28,32)(H,29,33)/t21-/m0/s1. The van der Waals surface area contributed by atoms with E-state index in [-0.39, 0.29) is 22.2 Å². The van der Waals surface area contributed by atoms with Crippen LogP contribution in [0.2, 0.25) is 0 Å². The fraction of sp³-hybridized carbons (Fsp3) is 0.308. The highest BCUT2D eigenvalue weighted by atomic mass is 32.1. The summed E-state index contributed by atoms with van der Waals surface area (Å²) in [4.78, 5) is 41.1. The van der Waals surface area contributed by atoms with Crippen LogP contribution in [0, 0.1) is 20.8 Å². The molecule has 3 amide bonds. The molecule has 0 unspecified atom stereocenters. The maximum atomic E-state index is 14.1. The van der Waals surface area contributed by atoms with Crippen LogP contribution in [-0.2, 0) is 4.79 Å². The number of anilines is 2. The molecule has 9 heteroatoms. The number of hydrogen-bond donors (Lipinski definition) is 3. The Hall–Kier alpha value is -3.72. The van der Waals surface area contributed by atoms with E-state index in [4.69, 9.17) is 11.5 Å². The molecule has 184 valence electrons. The van der Waals surface area contributed by atoms with Crippen LogP contribution in [-0.4, -0.2) is 27.6 Å². The fourth-order valence-electron chi connectivity index (χ4n) is 3.71. The van der Waals surface area contributed by atoms with Crippen LogP contribution in [0.1, 0.15) is 69.2 Å². The maximum absolute atomic E-state index is 14.1. The Balaban J connectivity index is 2.29. The quantitative estimate of drug-likeness (QED) is 0.477. The molecule has 0 aliphatic carbocycles. The number of nitrogens with one attached hydrogen (secondary N) is 1. The van der Waals surface area contributed by atoms with Crippen LogP contribution >= 0.6 is 11.5 Å². The molecule has 0 saturated carbocycles. The molecule has 1 heterocycles. The van der Waals surface area contributed by atoms with Crippen molar-refractivity contribution in [2.45, 2.75) is 53.1 Å². The molecular weight excluding hydrogens is 462 g/mol. The average molecular weight is 494 g/mol. The van der Waals surface area contributed by atoms with E-state index in [1.165, 1.54) is 4.90 Å². The minimum absolute atomic E-state index is 0.0420. The summed E-state index contributed by atoms with van der Waals surface area (Å²) in [5.41, 5.74) is 14.7. The van der Waals surface area contributed by atoms with Crippen molar-refractivity contribution in [2.24, 2.45) is 5.73 Å². The molecule has 0 aliphatic rings. The average Bonchev–Trinajstić information content (AvgIpc) is 3.15. The number of carbonyl (C=O) groups excluding carboxylic acids is 3. The van der Waals surface area contributed by atoms with Crippen molar-refractivity contribution < 1.29 is 14.4 Å². The van der Waals surface area contributed by atoms with Crippen molar-refractivity contribution in [3.63, 3.8) is 0 Å². The minimum Gasteiger partial charge on any atom is -0.395 e. The van der Waals surface area contributed by atoms with Gasteiger partial charge in [-0.25, -0.2) is 0 Å². The van der Waals surface area contributed by atoms with Crippen LogP contribution in [0.5, 0.6) is 0 Å². The number of hydrogen-bond acceptors (Lipinski definition) is 6. The smallest absolute Gasteiger partial charge is 0.273 e. The SMILES string of the molecule is Cc1ccc([C@@H](C(=O)NC(C)(C)C)N(C(=O)c2snc(C(N)=O)c2N)c2cccc(C)c2C)cc1. The molecule has 0 spiro atoms. The lowest BCUT2D eigenvalue weighted by molar-refractivity contribution is -0.123. The number of amides is 3. The first-order valence-corrected chi connectivity index (χ1v) is 11.9. The summed E-state index contributed by atoms with van der Waals surface area (Å²) >= 11 is 0.787. The molecule has 0 saturated heterocycles. The molecule has 8 nitrogen and oxygen atoms in total. The van der Waals surface area contributed by atoms with Crippen molar-refractivity contribution in [2.75, 3.05) is 10.6 Å². The lowest BCUT2D eigenvalue weighted by atomic mass is 9.98. The van der Waals surface area contributed by atoms with E-state index in [2.05, 4.69) is 9.69 Å². The van der Waals surface area contributed by atoms with Gasteiger partial charge in [-0.1, -0.05) is 42.0 Å². The normalized spacial score (nSPS) is 12.2. The number of aromatic nitrogens is 1. The van der Waals surface area contributed by atoms with Crippen LogP contribution < -0.4 is 21.7 Å². The van der Waals surface area contributed by atoms with E-state index in [9.17, 15) is 14.4 Å². The Labute approximate surface area is 209 Å². The third-order valence-corrected chi connectivity index (χ3v) is 6.46. The molecule has 35 heavy (non-hydrogen) atoms. The summed E-state index contributed by atoms with van der Waals surface area (Å²) in [7, 11) is 0. The summed E-state index contributed by atoms with van der Waals surface area (Å²) in [6.45, 7) is 11.4. The van der Waals surface area contributed by atoms with E-state index >= 15 is 0 Å². The highest BCUT2D eigenvalue weighted by Gasteiger charge is 2.37. The van der Waals surface area contributed by atoms with E-state index in [1.807, 2.05) is 77.9 Å². The lowest BCUT2D eigenvalue weighted by Crippen LogP contribution is -2.49. The van der Waals surface area contributed by atoms with Crippen LogP contribution in [0.4, 0.5) is 11.4 Å². The largest absolute Gasteiger partial charge is 0.395 e. The van der Waals surface area contributed by atoms with Gasteiger partial charge in [0.15, 0.2) is 5.69 Å². The predicted octanol–water partition coefficient (Wildman–Crippen LogP) is 4.05. The van der Waals surface area contributed by atoms with Crippen LogP contribution in [0.15, 0.2) is 42.5 Å². The number of primary amides is 1. The van der Waals surface area contributed by atoms with Crippen molar-refractivity contribution in [1.82, 2.24) is 9.69 Å². The van der Waals surface area contributed by atoms with Crippen molar-refractivity contribution in [3.8, 4) is 0 Å². The number of nitrogen functional groups attached to an aromatic ring is 1. The topological polar surface area (TPSA) is 131 Å². The highest BCUT2D eigenvalue weighted by molar-refractivity contribution is 7.09. The van der Waals surface area contributed by atoms with Crippen LogP contribution in [0.3, 0.4) is 0 Å². The first kappa shape index (κ1) is 25.9. The van der Waals surface area contributed by atoms with Crippen LogP contribution in [0.25, 0.3) is 0 Å². The highest BCUT2D eigenvalue weighted by Crippen LogP contribution is 2.36. The van der Waals surface area contributed by atoms with Gasteiger partial charge in [0.2, 0.25) is 5.91 Å². The molecule has 0 fully saturated rings. The molecule has 5 N–H and O–H groups in total. The zero-order chi connectivity index (χ0) is 26.1. The molecule has 1 aromatic heterocycles. The molecular formula is C26H31N5O3S. The number of aryl methyl sites for hydroxylation is 2. The first-order valence-electron chi connectivity index (χ1n) is 11.1. The van der Waals surface area contributed by atoms with Crippen molar-refractivity contribution >= 4 is 40.6 Å². The van der Waals surface area contributed by atoms with Gasteiger partial charge in [-0.2, -0.15) is 4.37 Å². The van der Waals surface area contributed by atoms with Gasteiger partial charge in [0, 0.05) is 11.2 Å². The molecule has 1 atom stereocenters. The van der Waals surface area contributed by atoms with Gasteiger partial charge in [-0.15, -0.1) is 0 Å². The third-order valence-electron chi connectivity index (χ3n) is 5.61.